The van der Waals surface area contributed by atoms with E-state index in [1.165, 1.54) is 18.2 Å². The lowest BCUT2D eigenvalue weighted by molar-refractivity contribution is -0.138. The molecule has 2 N–H and O–H groups in total. The number of aliphatic carboxylic acids is 2. The van der Waals surface area contributed by atoms with Gasteiger partial charge < -0.3 is 10.2 Å². The highest BCUT2D eigenvalue weighted by Crippen LogP contribution is 2.23. The highest BCUT2D eigenvalue weighted by Gasteiger charge is 2.18. The van der Waals surface area contributed by atoms with Crippen molar-refractivity contribution >= 4 is 23.5 Å². The first-order valence-corrected chi connectivity index (χ1v) is 7.55. The molecule has 0 aliphatic carbocycles. The Morgan fingerprint density at radius 1 is 1.07 bits per heavy atom. The maximum Gasteiger partial charge on any atom is 0.325 e. The zero-order valence-corrected chi connectivity index (χ0v) is 14.2. The van der Waals surface area contributed by atoms with Crippen LogP contribution >= 0.6 is 11.6 Å². The van der Waals surface area contributed by atoms with Gasteiger partial charge in [0.25, 0.3) is 0 Å². The van der Waals surface area contributed by atoms with E-state index in [1.807, 2.05) is 0 Å². The van der Waals surface area contributed by atoms with Gasteiger partial charge in [-0.1, -0.05) is 29.8 Å². The van der Waals surface area contributed by atoms with Crippen molar-refractivity contribution in [3.05, 3.63) is 69.7 Å². The second kappa shape index (κ2) is 9.85. The number of nitriles is 2. The maximum absolute atomic E-state index is 12.9. The lowest BCUT2D eigenvalue weighted by Crippen LogP contribution is -2.08. The van der Waals surface area contributed by atoms with Crippen molar-refractivity contribution in [2.45, 2.75) is 12.3 Å². The average Bonchev–Trinajstić information content (AvgIpc) is 2.60. The third-order valence-electron chi connectivity index (χ3n) is 3.20. The summed E-state index contributed by atoms with van der Waals surface area (Å²) < 4.78 is 25.3. The molecule has 0 bridgehead atoms. The number of carboxylic acid groups (broad SMARTS) is 2. The number of nitrogens with zero attached hydrogens (tertiary/aromatic N) is 2. The molecule has 6 nitrogen and oxygen atoms in total. The molecule has 1 unspecified atom stereocenters. The summed E-state index contributed by atoms with van der Waals surface area (Å²) in [6, 6.07) is 10.3. The number of carbonyl (C=O) groups is 2. The van der Waals surface area contributed by atoms with Crippen LogP contribution in [0.3, 0.4) is 0 Å². The largest absolute Gasteiger partial charge is 0.481 e. The van der Waals surface area contributed by atoms with E-state index in [0.29, 0.717) is 0 Å². The Kier molecular flexibility index (Phi) is 7.87. The van der Waals surface area contributed by atoms with Gasteiger partial charge in [-0.3, -0.25) is 9.59 Å². The van der Waals surface area contributed by atoms with Crippen molar-refractivity contribution in [2.75, 3.05) is 0 Å². The highest BCUT2D eigenvalue weighted by molar-refractivity contribution is 6.32. The van der Waals surface area contributed by atoms with Crippen LogP contribution in [0.15, 0.2) is 36.4 Å². The van der Waals surface area contributed by atoms with E-state index in [0.717, 1.165) is 18.2 Å². The fourth-order valence-corrected chi connectivity index (χ4v) is 2.19. The fourth-order valence-electron chi connectivity index (χ4n) is 1.93. The number of hydrogen-bond acceptors (Lipinski definition) is 4. The number of benzene rings is 2. The first-order valence-electron chi connectivity index (χ1n) is 7.17. The fraction of sp³-hybridized carbons (Fsp3) is 0.111. The summed E-state index contributed by atoms with van der Waals surface area (Å²) in [5.74, 6) is -4.73. The predicted molar refractivity (Wildman–Crippen MR) is 89.9 cm³/mol. The van der Waals surface area contributed by atoms with Crippen LogP contribution in [0.1, 0.15) is 22.6 Å². The molecule has 2 rings (SSSR count). The molecule has 0 saturated heterocycles. The molecule has 0 aliphatic rings. The zero-order chi connectivity index (χ0) is 20.6. The smallest absolute Gasteiger partial charge is 0.325 e. The molecule has 27 heavy (non-hydrogen) atoms. The molecule has 9 heteroatoms. The molecule has 0 heterocycles. The van der Waals surface area contributed by atoms with Crippen molar-refractivity contribution in [1.82, 2.24) is 0 Å². The SMILES string of the molecule is N#CC(C(=O)O)c1ccc(F)cc1.N#Cc1c(F)ccc(CC(=O)O)c1Cl. The van der Waals surface area contributed by atoms with E-state index in [1.54, 1.807) is 12.1 Å². The van der Waals surface area contributed by atoms with E-state index in [2.05, 4.69) is 0 Å². The Balaban J connectivity index is 0.000000271. The zero-order valence-electron chi connectivity index (χ0n) is 13.5. The van der Waals surface area contributed by atoms with Crippen molar-refractivity contribution in [2.24, 2.45) is 0 Å². The second-order valence-corrected chi connectivity index (χ2v) is 5.41. The molecule has 2 aromatic rings. The van der Waals surface area contributed by atoms with Gasteiger partial charge in [0.05, 0.1) is 17.5 Å². The summed E-state index contributed by atoms with van der Waals surface area (Å²) in [6.45, 7) is 0. The number of rotatable bonds is 4. The summed E-state index contributed by atoms with van der Waals surface area (Å²) in [4.78, 5) is 20.9. The topological polar surface area (TPSA) is 122 Å². The lowest BCUT2D eigenvalue weighted by atomic mass is 10.0. The van der Waals surface area contributed by atoms with Gasteiger partial charge in [-0.25, -0.2) is 8.78 Å². The number of halogens is 3. The molecule has 0 fully saturated rings. The molecule has 0 amide bonds. The van der Waals surface area contributed by atoms with Gasteiger partial charge in [0.15, 0.2) is 5.92 Å². The molecule has 0 saturated carbocycles. The molecular weight excluding hydrogens is 382 g/mol. The molecule has 1 atom stereocenters. The standard InChI is InChI=1S/C9H5ClFNO2.C9H6FNO2/c10-9-5(3-8(13)14)1-2-7(11)6(9)4-12;10-7-3-1-6(2-4-7)8(5-11)9(12)13/h1-2H,3H2,(H,13,14);1-4,8H,(H,12,13). The second-order valence-electron chi connectivity index (χ2n) is 5.03. The molecule has 0 aliphatic heterocycles. The van der Waals surface area contributed by atoms with Crippen molar-refractivity contribution in [3.8, 4) is 12.1 Å². The molecule has 0 radical (unpaired) electrons. The van der Waals surface area contributed by atoms with Gasteiger partial charge in [0.1, 0.15) is 23.3 Å². The Morgan fingerprint density at radius 3 is 2.11 bits per heavy atom. The molecular formula is C18H11ClF2N2O4. The minimum Gasteiger partial charge on any atom is -0.481 e. The van der Waals surface area contributed by atoms with Crippen LogP contribution in [0, 0.1) is 34.3 Å². The Labute approximate surface area is 157 Å². The van der Waals surface area contributed by atoms with Crippen LogP contribution in [0.25, 0.3) is 0 Å². The number of carboxylic acids is 2. The van der Waals surface area contributed by atoms with Gasteiger partial charge >= 0.3 is 11.9 Å². The predicted octanol–water partition coefficient (Wildman–Crippen LogP) is 3.50. The highest BCUT2D eigenvalue weighted by atomic mass is 35.5. The maximum atomic E-state index is 12.9. The summed E-state index contributed by atoms with van der Waals surface area (Å²) in [6.07, 6.45) is -0.326. The van der Waals surface area contributed by atoms with E-state index >= 15 is 0 Å². The van der Waals surface area contributed by atoms with Gasteiger partial charge in [0, 0.05) is 0 Å². The normalized spacial score (nSPS) is 10.6. The summed E-state index contributed by atoms with van der Waals surface area (Å²) in [7, 11) is 0. The summed E-state index contributed by atoms with van der Waals surface area (Å²) in [5, 5.41) is 34.0. The van der Waals surface area contributed by atoms with Gasteiger partial charge in [-0.2, -0.15) is 10.5 Å². The molecule has 138 valence electrons. The summed E-state index contributed by atoms with van der Waals surface area (Å²) >= 11 is 5.63. The quantitative estimate of drug-likeness (QED) is 0.821. The Bertz CT molecular complexity index is 934. The minimum absolute atomic E-state index is 0.130. The molecule has 0 spiro atoms. The van der Waals surface area contributed by atoms with E-state index in [9.17, 15) is 18.4 Å². The van der Waals surface area contributed by atoms with Gasteiger partial charge in [0.2, 0.25) is 0 Å². The number of hydrogen-bond donors (Lipinski definition) is 2. The monoisotopic (exact) mass is 392 g/mol. The van der Waals surface area contributed by atoms with Crippen molar-refractivity contribution in [3.63, 3.8) is 0 Å². The van der Waals surface area contributed by atoms with E-state index in [4.69, 9.17) is 32.3 Å². The van der Waals surface area contributed by atoms with Gasteiger partial charge in [-0.05, 0) is 29.3 Å². The third-order valence-corrected chi connectivity index (χ3v) is 3.64. The first-order chi connectivity index (χ1) is 12.7. The van der Waals surface area contributed by atoms with Crippen molar-refractivity contribution < 1.29 is 28.6 Å². The van der Waals surface area contributed by atoms with E-state index in [-0.39, 0.29) is 28.1 Å². The summed E-state index contributed by atoms with van der Waals surface area (Å²) in [5.41, 5.74) is 0.207. The van der Waals surface area contributed by atoms with Crippen LogP contribution in [-0.4, -0.2) is 22.2 Å². The van der Waals surface area contributed by atoms with Gasteiger partial charge in [-0.15, -0.1) is 0 Å². The van der Waals surface area contributed by atoms with E-state index < -0.39 is 29.5 Å². The Hall–Kier alpha value is -3.49. The van der Waals surface area contributed by atoms with Crippen molar-refractivity contribution in [1.29, 1.82) is 10.5 Å². The van der Waals surface area contributed by atoms with Crippen LogP contribution in [0.2, 0.25) is 5.02 Å². The molecule has 2 aromatic carbocycles. The van der Waals surface area contributed by atoms with Crippen LogP contribution in [-0.2, 0) is 16.0 Å². The van der Waals surface area contributed by atoms with Crippen LogP contribution in [0.5, 0.6) is 0 Å². The average molecular weight is 393 g/mol. The lowest BCUT2D eigenvalue weighted by Gasteiger charge is -2.03. The third kappa shape index (κ3) is 6.07. The van der Waals surface area contributed by atoms with Crippen LogP contribution in [0.4, 0.5) is 8.78 Å². The minimum atomic E-state index is -1.23. The molecule has 0 aromatic heterocycles. The Morgan fingerprint density at radius 2 is 1.67 bits per heavy atom. The first kappa shape index (κ1) is 21.6. The van der Waals surface area contributed by atoms with Crippen LogP contribution < -0.4 is 0 Å².